The lowest BCUT2D eigenvalue weighted by Gasteiger charge is -2.29. The Balaban J connectivity index is 1.05. The molecule has 0 N–H and O–H groups in total. The Morgan fingerprint density at radius 2 is 0.932 bits per heavy atom. The van der Waals surface area contributed by atoms with Gasteiger partial charge in [-0.2, -0.15) is 0 Å². The number of benzene rings is 6. The van der Waals surface area contributed by atoms with Crippen molar-refractivity contribution in [1.29, 1.82) is 0 Å². The molecule has 1 nitrogen and oxygen atoms in total. The molecule has 4 aliphatic carbocycles. The third kappa shape index (κ3) is 7.60. The molecule has 0 unspecified atom stereocenters. The molecule has 0 heterocycles. The lowest BCUT2D eigenvalue weighted by molar-refractivity contribution is 0.435. The van der Waals surface area contributed by atoms with E-state index in [-0.39, 0.29) is 5.41 Å². The summed E-state index contributed by atoms with van der Waals surface area (Å²) in [7, 11) is 0. The van der Waals surface area contributed by atoms with Crippen LogP contribution in [0.3, 0.4) is 0 Å². The van der Waals surface area contributed by atoms with Gasteiger partial charge in [-0.05, 0) is 172 Å². The molecule has 10 rings (SSSR count). The van der Waals surface area contributed by atoms with Crippen LogP contribution in [0, 0.1) is 6.92 Å². The molecular weight excluding hydrogens is 711 g/mol. The van der Waals surface area contributed by atoms with Crippen molar-refractivity contribution in [2.45, 2.75) is 140 Å². The van der Waals surface area contributed by atoms with Crippen LogP contribution in [-0.4, -0.2) is 0 Å². The zero-order chi connectivity index (χ0) is 39.9. The number of anilines is 3. The predicted octanol–water partition coefficient (Wildman–Crippen LogP) is 17.2. The number of nitrogens with zero attached hydrogens (tertiary/aromatic N) is 1. The van der Waals surface area contributed by atoms with Gasteiger partial charge < -0.3 is 4.90 Å². The van der Waals surface area contributed by atoms with Crippen LogP contribution in [0.2, 0.25) is 0 Å². The summed E-state index contributed by atoms with van der Waals surface area (Å²) in [5.74, 6) is 2.09. The Morgan fingerprint density at radius 1 is 0.390 bits per heavy atom. The summed E-state index contributed by atoms with van der Waals surface area (Å²) in [6.45, 7) is 7.06. The first-order chi connectivity index (χ1) is 28.9. The number of hydrogen-bond acceptors (Lipinski definition) is 1. The molecule has 300 valence electrons. The lowest BCUT2D eigenvalue weighted by atomic mass is 9.78. The van der Waals surface area contributed by atoms with Crippen molar-refractivity contribution in [2.75, 3.05) is 4.90 Å². The Hall–Kier alpha value is -4.88. The van der Waals surface area contributed by atoms with E-state index < -0.39 is 0 Å². The zero-order valence-electron chi connectivity index (χ0n) is 35.9. The maximum absolute atomic E-state index is 2.63. The molecule has 0 aliphatic heterocycles. The molecule has 6 aromatic rings. The van der Waals surface area contributed by atoms with Crippen molar-refractivity contribution in [2.24, 2.45) is 0 Å². The monoisotopic (exact) mass is 773 g/mol. The smallest absolute Gasteiger partial charge is 0.0470 e. The SMILES string of the molecule is Cc1cc(-c2cccc(-c3cc(C4CCCCC4)cc(C4CCCCC4)c3)c2)cc(N(c2ccc(C3CCCCC3)cc2)c2ccc3c(c2)C(C)(C)c2ccccc2-3)c1. The summed E-state index contributed by atoms with van der Waals surface area (Å²) in [5.41, 5.74) is 20.4. The van der Waals surface area contributed by atoms with Gasteiger partial charge in [0, 0.05) is 22.5 Å². The molecule has 6 aromatic carbocycles. The largest absolute Gasteiger partial charge is 0.310 e. The molecule has 4 aliphatic rings. The highest BCUT2D eigenvalue weighted by atomic mass is 15.1. The maximum Gasteiger partial charge on any atom is 0.0470 e. The first-order valence-electron chi connectivity index (χ1n) is 23.4. The van der Waals surface area contributed by atoms with E-state index in [1.54, 1.807) is 11.1 Å². The average Bonchev–Trinajstić information content (AvgIpc) is 3.52. The Bertz CT molecular complexity index is 2390. The highest BCUT2D eigenvalue weighted by molar-refractivity contribution is 5.87. The molecule has 3 saturated carbocycles. The summed E-state index contributed by atoms with van der Waals surface area (Å²) < 4.78 is 0. The van der Waals surface area contributed by atoms with Crippen molar-refractivity contribution in [3.8, 4) is 33.4 Å². The lowest BCUT2D eigenvalue weighted by Crippen LogP contribution is -2.16. The van der Waals surface area contributed by atoms with Crippen LogP contribution in [0.1, 0.15) is 161 Å². The molecule has 1 heteroatoms. The van der Waals surface area contributed by atoms with Crippen LogP contribution < -0.4 is 4.90 Å². The van der Waals surface area contributed by atoms with Crippen molar-refractivity contribution in [1.82, 2.24) is 0 Å². The van der Waals surface area contributed by atoms with E-state index in [0.717, 1.165) is 0 Å². The summed E-state index contributed by atoms with van der Waals surface area (Å²) in [6.07, 6.45) is 20.4. The normalized spacial score (nSPS) is 18.4. The van der Waals surface area contributed by atoms with Crippen molar-refractivity contribution >= 4 is 17.1 Å². The van der Waals surface area contributed by atoms with E-state index in [1.165, 1.54) is 169 Å². The van der Waals surface area contributed by atoms with Gasteiger partial charge in [0.1, 0.15) is 0 Å². The predicted molar refractivity (Wildman–Crippen MR) is 252 cm³/mol. The molecule has 0 spiro atoms. The highest BCUT2D eigenvalue weighted by Crippen LogP contribution is 2.51. The van der Waals surface area contributed by atoms with E-state index in [1.807, 2.05) is 0 Å². The second kappa shape index (κ2) is 16.3. The Kier molecular flexibility index (Phi) is 10.6. The van der Waals surface area contributed by atoms with Crippen LogP contribution in [0.4, 0.5) is 17.1 Å². The van der Waals surface area contributed by atoms with E-state index in [0.29, 0.717) is 17.8 Å². The highest BCUT2D eigenvalue weighted by Gasteiger charge is 2.36. The van der Waals surface area contributed by atoms with Gasteiger partial charge in [0.15, 0.2) is 0 Å². The summed E-state index contributed by atoms with van der Waals surface area (Å²) >= 11 is 0. The Labute approximate surface area is 354 Å². The third-order valence-electron chi connectivity index (χ3n) is 15.0. The molecule has 0 radical (unpaired) electrons. The standard InChI is InChI=1S/C58H63N/c1-40-32-47(45-22-15-23-46(34-45)50-36-48(42-18-9-5-10-19-42)35-49(37-50)43-20-11-6-12-21-43)38-53(33-40)59(51-28-26-44(27-29-51)41-16-7-4-8-17-41)52-30-31-55-54-24-13-14-25-56(54)58(2,3)57(55)39-52/h13-15,22-39,41-43H,4-12,16-21H2,1-3H3. The van der Waals surface area contributed by atoms with Gasteiger partial charge >= 0.3 is 0 Å². The molecule has 0 atom stereocenters. The number of hydrogen-bond donors (Lipinski definition) is 0. The second-order valence-electron chi connectivity index (χ2n) is 19.4. The molecular formula is C58H63N. The van der Waals surface area contributed by atoms with Gasteiger partial charge in [-0.25, -0.2) is 0 Å². The van der Waals surface area contributed by atoms with Gasteiger partial charge in [-0.1, -0.05) is 157 Å². The zero-order valence-corrected chi connectivity index (χ0v) is 35.9. The van der Waals surface area contributed by atoms with Gasteiger partial charge in [0.25, 0.3) is 0 Å². The number of rotatable bonds is 8. The van der Waals surface area contributed by atoms with Gasteiger partial charge in [-0.15, -0.1) is 0 Å². The van der Waals surface area contributed by atoms with E-state index >= 15 is 0 Å². The fourth-order valence-corrected chi connectivity index (χ4v) is 11.7. The van der Waals surface area contributed by atoms with E-state index in [4.69, 9.17) is 0 Å². The van der Waals surface area contributed by atoms with Crippen LogP contribution in [-0.2, 0) is 5.41 Å². The van der Waals surface area contributed by atoms with Crippen LogP contribution in [0.25, 0.3) is 33.4 Å². The van der Waals surface area contributed by atoms with E-state index in [2.05, 4.69) is 153 Å². The van der Waals surface area contributed by atoms with Crippen molar-refractivity contribution in [3.63, 3.8) is 0 Å². The van der Waals surface area contributed by atoms with E-state index in [9.17, 15) is 0 Å². The van der Waals surface area contributed by atoms with Gasteiger partial charge in [0.05, 0.1) is 0 Å². The molecule has 0 bridgehead atoms. The molecule has 3 fully saturated rings. The van der Waals surface area contributed by atoms with Gasteiger partial charge in [0.2, 0.25) is 0 Å². The quantitative estimate of drug-likeness (QED) is 0.149. The molecule has 0 aromatic heterocycles. The third-order valence-corrected chi connectivity index (χ3v) is 15.0. The van der Waals surface area contributed by atoms with Gasteiger partial charge in [-0.3, -0.25) is 0 Å². The first kappa shape index (κ1) is 38.3. The molecule has 0 saturated heterocycles. The van der Waals surface area contributed by atoms with Crippen LogP contribution >= 0.6 is 0 Å². The summed E-state index contributed by atoms with van der Waals surface area (Å²) in [6, 6.07) is 50.3. The molecule has 59 heavy (non-hydrogen) atoms. The van der Waals surface area contributed by atoms with Crippen LogP contribution in [0.15, 0.2) is 127 Å². The Morgan fingerprint density at radius 3 is 1.56 bits per heavy atom. The fourth-order valence-electron chi connectivity index (χ4n) is 11.7. The molecule has 0 amide bonds. The summed E-state index contributed by atoms with van der Waals surface area (Å²) in [4.78, 5) is 2.52. The topological polar surface area (TPSA) is 3.24 Å². The second-order valence-corrected chi connectivity index (χ2v) is 19.4. The minimum absolute atomic E-state index is 0.0677. The summed E-state index contributed by atoms with van der Waals surface area (Å²) in [5, 5.41) is 0. The minimum Gasteiger partial charge on any atom is -0.310 e. The average molecular weight is 774 g/mol. The van der Waals surface area contributed by atoms with Crippen LogP contribution in [0.5, 0.6) is 0 Å². The fraction of sp³-hybridized carbons (Fsp3) is 0.379. The van der Waals surface area contributed by atoms with Crippen molar-refractivity contribution in [3.05, 3.63) is 161 Å². The number of fused-ring (bicyclic) bond motifs is 3. The first-order valence-corrected chi connectivity index (χ1v) is 23.4. The number of aryl methyl sites for hydroxylation is 1. The maximum atomic E-state index is 2.63. The minimum atomic E-state index is -0.0677. The van der Waals surface area contributed by atoms with Crippen molar-refractivity contribution < 1.29 is 0 Å².